The summed E-state index contributed by atoms with van der Waals surface area (Å²) in [6.07, 6.45) is 3.56. The molecule has 0 atom stereocenters. The van der Waals surface area contributed by atoms with Crippen LogP contribution < -0.4 is 0 Å². The molecule has 8 heteroatoms. The zero-order valence-electron chi connectivity index (χ0n) is 16.0. The van der Waals surface area contributed by atoms with Crippen molar-refractivity contribution < 1.29 is 9.90 Å². The standard InChI is InChI=1S/C22H16ClN5O2/c1-27-9-8-18(25-27)13-28-21-11-17(23)6-7-19(21)20(26-28)10-16(12-24)14-2-4-15(5-3-14)22(29)30/h2-11H,13H2,1H3,(H,29,30)/b16-10+. The fourth-order valence-electron chi connectivity index (χ4n) is 3.21. The zero-order valence-corrected chi connectivity index (χ0v) is 16.7. The van der Waals surface area contributed by atoms with Crippen molar-refractivity contribution in [2.24, 2.45) is 7.05 Å². The van der Waals surface area contributed by atoms with Gasteiger partial charge in [0.2, 0.25) is 0 Å². The maximum Gasteiger partial charge on any atom is 0.335 e. The SMILES string of the molecule is Cn1ccc(Cn2nc(/C=C(\C#N)c3ccc(C(=O)O)cc3)c3ccc(Cl)cc32)n1. The molecule has 0 aliphatic heterocycles. The van der Waals surface area contributed by atoms with Gasteiger partial charge in [0.15, 0.2) is 0 Å². The third-order valence-corrected chi connectivity index (χ3v) is 4.90. The number of carboxylic acids is 1. The first-order chi connectivity index (χ1) is 14.4. The van der Waals surface area contributed by atoms with Crippen LogP contribution in [0.4, 0.5) is 0 Å². The minimum atomic E-state index is -1.01. The fourth-order valence-corrected chi connectivity index (χ4v) is 3.38. The molecule has 0 amide bonds. The van der Waals surface area contributed by atoms with Crippen LogP contribution in [-0.4, -0.2) is 30.6 Å². The summed E-state index contributed by atoms with van der Waals surface area (Å²) in [5, 5.41) is 29.3. The number of allylic oxidation sites excluding steroid dienone is 1. The first-order valence-corrected chi connectivity index (χ1v) is 9.42. The second-order valence-electron chi connectivity index (χ2n) is 6.74. The summed E-state index contributed by atoms with van der Waals surface area (Å²) in [6.45, 7) is 0.459. The Morgan fingerprint density at radius 3 is 2.53 bits per heavy atom. The number of carboxylic acid groups (broad SMARTS) is 1. The van der Waals surface area contributed by atoms with Gasteiger partial charge in [-0.3, -0.25) is 9.36 Å². The van der Waals surface area contributed by atoms with Gasteiger partial charge < -0.3 is 5.11 Å². The molecular formula is C22H16ClN5O2. The molecule has 7 nitrogen and oxygen atoms in total. The Morgan fingerprint density at radius 1 is 1.17 bits per heavy atom. The average Bonchev–Trinajstić information content (AvgIpc) is 3.29. The molecule has 4 aromatic rings. The largest absolute Gasteiger partial charge is 0.478 e. The van der Waals surface area contributed by atoms with E-state index in [0.29, 0.717) is 28.4 Å². The fraction of sp³-hybridized carbons (Fsp3) is 0.0909. The van der Waals surface area contributed by atoms with Gasteiger partial charge >= 0.3 is 5.97 Å². The van der Waals surface area contributed by atoms with Gasteiger partial charge in [-0.15, -0.1) is 0 Å². The van der Waals surface area contributed by atoms with Gasteiger partial charge in [-0.1, -0.05) is 23.7 Å². The number of aromatic nitrogens is 4. The maximum absolute atomic E-state index is 11.1. The molecule has 0 bridgehead atoms. The van der Waals surface area contributed by atoms with Crippen LogP contribution in [0.5, 0.6) is 0 Å². The third-order valence-electron chi connectivity index (χ3n) is 4.67. The van der Waals surface area contributed by atoms with E-state index in [1.807, 2.05) is 31.4 Å². The van der Waals surface area contributed by atoms with Gasteiger partial charge in [-0.05, 0) is 48.0 Å². The highest BCUT2D eigenvalue weighted by atomic mass is 35.5. The first-order valence-electron chi connectivity index (χ1n) is 9.05. The summed E-state index contributed by atoms with van der Waals surface area (Å²) in [5.41, 5.74) is 3.46. The third kappa shape index (κ3) is 3.81. The van der Waals surface area contributed by atoms with Crippen molar-refractivity contribution in [3.8, 4) is 6.07 Å². The summed E-state index contributed by atoms with van der Waals surface area (Å²) in [6, 6.07) is 15.7. The van der Waals surface area contributed by atoms with E-state index in [2.05, 4.69) is 16.3 Å². The number of hydrogen-bond donors (Lipinski definition) is 1. The zero-order chi connectivity index (χ0) is 21.3. The molecule has 0 spiro atoms. The van der Waals surface area contributed by atoms with Crippen LogP contribution in [0, 0.1) is 11.3 Å². The molecule has 0 unspecified atom stereocenters. The molecule has 0 saturated carbocycles. The van der Waals surface area contributed by atoms with E-state index < -0.39 is 5.97 Å². The van der Waals surface area contributed by atoms with E-state index in [0.717, 1.165) is 16.6 Å². The summed E-state index contributed by atoms with van der Waals surface area (Å²) >= 11 is 6.20. The maximum atomic E-state index is 11.1. The number of nitrogens with zero attached hydrogens (tertiary/aromatic N) is 5. The molecule has 148 valence electrons. The minimum absolute atomic E-state index is 0.163. The molecule has 30 heavy (non-hydrogen) atoms. The van der Waals surface area contributed by atoms with E-state index in [9.17, 15) is 10.1 Å². The smallest absolute Gasteiger partial charge is 0.335 e. The van der Waals surface area contributed by atoms with Crippen molar-refractivity contribution in [3.05, 3.63) is 82.3 Å². The van der Waals surface area contributed by atoms with Crippen LogP contribution in [-0.2, 0) is 13.6 Å². The van der Waals surface area contributed by atoms with Crippen LogP contribution in [0.2, 0.25) is 5.02 Å². The summed E-state index contributed by atoms with van der Waals surface area (Å²) in [4.78, 5) is 11.1. The average molecular weight is 418 g/mol. The molecule has 0 aliphatic carbocycles. The highest BCUT2D eigenvalue weighted by molar-refractivity contribution is 6.31. The summed E-state index contributed by atoms with van der Waals surface area (Å²) in [7, 11) is 1.85. The van der Waals surface area contributed by atoms with Gasteiger partial charge in [0.1, 0.15) is 0 Å². The number of aryl methyl sites for hydroxylation is 1. The van der Waals surface area contributed by atoms with Crippen LogP contribution >= 0.6 is 11.6 Å². The summed E-state index contributed by atoms with van der Waals surface area (Å²) < 4.78 is 3.53. The highest BCUT2D eigenvalue weighted by Crippen LogP contribution is 2.27. The molecule has 2 aromatic heterocycles. The Balaban J connectivity index is 1.79. The van der Waals surface area contributed by atoms with Crippen molar-refractivity contribution in [1.29, 1.82) is 5.26 Å². The summed E-state index contributed by atoms with van der Waals surface area (Å²) in [5.74, 6) is -1.01. The number of halogens is 1. The van der Waals surface area contributed by atoms with E-state index in [4.69, 9.17) is 16.7 Å². The molecule has 0 aliphatic rings. The van der Waals surface area contributed by atoms with Crippen molar-refractivity contribution in [3.63, 3.8) is 0 Å². The van der Waals surface area contributed by atoms with Crippen LogP contribution in [0.25, 0.3) is 22.6 Å². The van der Waals surface area contributed by atoms with Crippen molar-refractivity contribution in [2.75, 3.05) is 0 Å². The van der Waals surface area contributed by atoms with Crippen molar-refractivity contribution in [1.82, 2.24) is 19.6 Å². The van der Waals surface area contributed by atoms with Gasteiger partial charge in [-0.25, -0.2) is 4.79 Å². The highest BCUT2D eigenvalue weighted by Gasteiger charge is 2.13. The number of hydrogen-bond acceptors (Lipinski definition) is 4. The van der Waals surface area contributed by atoms with E-state index >= 15 is 0 Å². The molecular weight excluding hydrogens is 402 g/mol. The topological polar surface area (TPSA) is 96.7 Å². The lowest BCUT2D eigenvalue weighted by atomic mass is 10.0. The Hall–Kier alpha value is -3.89. The number of fused-ring (bicyclic) bond motifs is 1. The number of benzene rings is 2. The second kappa shape index (κ2) is 7.85. The molecule has 0 radical (unpaired) electrons. The quantitative estimate of drug-likeness (QED) is 0.490. The Bertz CT molecular complexity index is 1330. The first kappa shape index (κ1) is 19.4. The molecule has 2 heterocycles. The number of carbonyl (C=O) groups is 1. The Morgan fingerprint density at radius 2 is 1.90 bits per heavy atom. The number of rotatable bonds is 5. The van der Waals surface area contributed by atoms with Crippen LogP contribution in [0.3, 0.4) is 0 Å². The Labute approximate surface area is 177 Å². The molecule has 2 aromatic carbocycles. The number of aromatic carboxylic acids is 1. The van der Waals surface area contributed by atoms with Gasteiger partial charge in [0, 0.05) is 23.7 Å². The van der Waals surface area contributed by atoms with E-state index in [1.54, 1.807) is 33.6 Å². The van der Waals surface area contributed by atoms with Gasteiger partial charge in [0.25, 0.3) is 0 Å². The Kier molecular flexibility index (Phi) is 5.09. The predicted molar refractivity (Wildman–Crippen MR) is 114 cm³/mol. The van der Waals surface area contributed by atoms with Crippen LogP contribution in [0.1, 0.15) is 27.3 Å². The molecule has 0 saturated heterocycles. The molecule has 0 fully saturated rings. The van der Waals surface area contributed by atoms with Gasteiger partial charge in [-0.2, -0.15) is 15.5 Å². The molecule has 4 rings (SSSR count). The lowest BCUT2D eigenvalue weighted by Crippen LogP contribution is -2.03. The van der Waals surface area contributed by atoms with Crippen molar-refractivity contribution in [2.45, 2.75) is 6.54 Å². The van der Waals surface area contributed by atoms with E-state index in [-0.39, 0.29) is 5.56 Å². The number of nitriles is 1. The van der Waals surface area contributed by atoms with Crippen LogP contribution in [0.15, 0.2) is 54.7 Å². The monoisotopic (exact) mass is 417 g/mol. The lowest BCUT2D eigenvalue weighted by molar-refractivity contribution is 0.0697. The van der Waals surface area contributed by atoms with Crippen molar-refractivity contribution >= 4 is 40.1 Å². The second-order valence-corrected chi connectivity index (χ2v) is 7.17. The molecule has 1 N–H and O–H groups in total. The minimum Gasteiger partial charge on any atom is -0.478 e. The normalized spacial score (nSPS) is 11.6. The predicted octanol–water partition coefficient (Wildman–Crippen LogP) is 4.23. The van der Waals surface area contributed by atoms with Gasteiger partial charge in [0.05, 0.1) is 40.7 Å². The van der Waals surface area contributed by atoms with E-state index in [1.165, 1.54) is 12.1 Å². The lowest BCUT2D eigenvalue weighted by Gasteiger charge is -2.01.